The molecule has 0 aliphatic heterocycles. The lowest BCUT2D eigenvalue weighted by molar-refractivity contribution is -0.829. The van der Waals surface area contributed by atoms with Gasteiger partial charge in [-0.15, -0.1) is 0 Å². The summed E-state index contributed by atoms with van der Waals surface area (Å²) in [5.74, 6) is 0. The van der Waals surface area contributed by atoms with Gasteiger partial charge in [0.05, 0.1) is 12.0 Å². The molecule has 1 saturated carbocycles. The van der Waals surface area contributed by atoms with Gasteiger partial charge in [-0.1, -0.05) is 6.07 Å². The van der Waals surface area contributed by atoms with Crippen molar-refractivity contribution in [1.29, 1.82) is 0 Å². The van der Waals surface area contributed by atoms with Gasteiger partial charge in [-0.05, 0) is 18.9 Å². The van der Waals surface area contributed by atoms with Crippen molar-refractivity contribution in [3.8, 4) is 0 Å². The summed E-state index contributed by atoms with van der Waals surface area (Å²) in [5.41, 5.74) is 2.97. The number of para-hydroxylation sites is 1. The highest BCUT2D eigenvalue weighted by Crippen LogP contribution is 2.32. The molecule has 5 nitrogen and oxygen atoms in total. The van der Waals surface area contributed by atoms with Crippen molar-refractivity contribution < 1.29 is 18.7 Å². The maximum atomic E-state index is 11.7. The molecular weight excluding hydrogens is 240 g/mol. The van der Waals surface area contributed by atoms with Gasteiger partial charge in [0.1, 0.15) is 5.69 Å². The second kappa shape index (κ2) is 4.64. The number of hydrogen-bond donors (Lipinski definition) is 2. The van der Waals surface area contributed by atoms with Crippen LogP contribution in [0.15, 0.2) is 23.1 Å². The average Bonchev–Trinajstić information content (AvgIpc) is 3.03. The molecule has 17 heavy (non-hydrogen) atoms. The van der Waals surface area contributed by atoms with Gasteiger partial charge in [0, 0.05) is 18.4 Å². The summed E-state index contributed by atoms with van der Waals surface area (Å²) in [6.45, 7) is 0. The van der Waals surface area contributed by atoms with Crippen molar-refractivity contribution >= 4 is 21.2 Å². The Bertz CT molecular complexity index is 509. The summed E-state index contributed by atoms with van der Waals surface area (Å²) in [5, 5.41) is 3.25. The number of nitrogens with two attached hydrogens (primary N) is 1. The molecule has 0 aromatic heterocycles. The van der Waals surface area contributed by atoms with E-state index >= 15 is 0 Å². The molecule has 0 saturated heterocycles. The minimum atomic E-state index is -3.23. The topological polar surface area (TPSA) is 72.0 Å². The summed E-state index contributed by atoms with van der Waals surface area (Å²) < 4.78 is 23.4. The van der Waals surface area contributed by atoms with Crippen molar-refractivity contribution in [2.75, 3.05) is 18.7 Å². The van der Waals surface area contributed by atoms with Crippen molar-refractivity contribution in [2.24, 2.45) is 0 Å². The summed E-state index contributed by atoms with van der Waals surface area (Å²) in [7, 11) is -1.68. The smallest absolute Gasteiger partial charge is 0.186 e. The van der Waals surface area contributed by atoms with E-state index in [0.717, 1.165) is 18.5 Å². The predicted molar refractivity (Wildman–Crippen MR) is 64.8 cm³/mol. The first-order valence-corrected chi connectivity index (χ1v) is 7.37. The number of sulfone groups is 1. The summed E-state index contributed by atoms with van der Waals surface area (Å²) in [6, 6.07) is 5.57. The Morgan fingerprint density at radius 2 is 2.12 bits per heavy atom. The zero-order valence-electron chi connectivity index (χ0n) is 9.93. The maximum absolute atomic E-state index is 11.7. The Morgan fingerprint density at radius 1 is 1.41 bits per heavy atom. The van der Waals surface area contributed by atoms with Gasteiger partial charge in [0.15, 0.2) is 15.5 Å². The molecule has 0 heterocycles. The molecule has 3 N–H and O–H groups in total. The van der Waals surface area contributed by atoms with Crippen molar-refractivity contribution in [3.05, 3.63) is 18.2 Å². The van der Waals surface area contributed by atoms with E-state index in [9.17, 15) is 8.42 Å². The first-order chi connectivity index (χ1) is 8.02. The molecule has 1 fully saturated rings. The maximum Gasteiger partial charge on any atom is 0.186 e. The zero-order chi connectivity index (χ0) is 12.5. The van der Waals surface area contributed by atoms with Gasteiger partial charge >= 0.3 is 0 Å². The number of quaternary nitrogens is 1. The zero-order valence-corrected chi connectivity index (χ0v) is 10.8. The van der Waals surface area contributed by atoms with Crippen LogP contribution in [-0.4, -0.2) is 27.8 Å². The first-order valence-electron chi connectivity index (χ1n) is 5.48. The minimum Gasteiger partial charge on any atom is -0.376 e. The quantitative estimate of drug-likeness (QED) is 0.592. The van der Waals surface area contributed by atoms with Crippen molar-refractivity contribution in [3.63, 3.8) is 0 Å². The molecule has 0 atom stereocenters. The molecule has 0 bridgehead atoms. The largest absolute Gasteiger partial charge is 0.376 e. The van der Waals surface area contributed by atoms with Gasteiger partial charge in [0.2, 0.25) is 0 Å². The van der Waals surface area contributed by atoms with Crippen LogP contribution in [0.5, 0.6) is 0 Å². The Labute approximate surface area is 101 Å². The summed E-state index contributed by atoms with van der Waals surface area (Å²) in [4.78, 5) is 5.31. The van der Waals surface area contributed by atoms with Gasteiger partial charge in [-0.2, -0.15) is 5.48 Å². The van der Waals surface area contributed by atoms with Gasteiger partial charge in [-0.3, -0.25) is 0 Å². The fourth-order valence-electron chi connectivity index (χ4n) is 1.67. The van der Waals surface area contributed by atoms with Gasteiger partial charge in [0.25, 0.3) is 0 Å². The van der Waals surface area contributed by atoms with Gasteiger partial charge in [-0.25, -0.2) is 13.3 Å². The molecular formula is C11H17N2O3S+. The van der Waals surface area contributed by atoms with Crippen LogP contribution in [0.2, 0.25) is 0 Å². The number of rotatable bonds is 5. The molecule has 0 radical (unpaired) electrons. The highest BCUT2D eigenvalue weighted by atomic mass is 32.2. The number of hydrogen-bond acceptors (Lipinski definition) is 4. The normalized spacial score (nSPS) is 15.9. The lowest BCUT2D eigenvalue weighted by Crippen LogP contribution is -2.76. The Balaban J connectivity index is 2.45. The van der Waals surface area contributed by atoms with E-state index in [-0.39, 0.29) is 0 Å². The van der Waals surface area contributed by atoms with Crippen LogP contribution in [0, 0.1) is 0 Å². The number of benzene rings is 1. The Kier molecular flexibility index (Phi) is 3.37. The fourth-order valence-corrected chi connectivity index (χ4v) is 2.54. The molecule has 0 unspecified atom stereocenters. The van der Waals surface area contributed by atoms with Crippen LogP contribution in [-0.2, 0) is 14.7 Å². The lowest BCUT2D eigenvalue weighted by atomic mass is 10.2. The van der Waals surface area contributed by atoms with E-state index in [1.54, 1.807) is 24.7 Å². The SMILES string of the molecule is CO[NH2+]c1cccc(S(C)(=O)=O)c1NC1CC1. The minimum absolute atomic E-state index is 0.329. The van der Waals surface area contributed by atoms with Crippen molar-refractivity contribution in [2.45, 2.75) is 23.8 Å². The predicted octanol–water partition coefficient (Wildman–Crippen LogP) is 0.421. The van der Waals surface area contributed by atoms with Crippen LogP contribution >= 0.6 is 0 Å². The van der Waals surface area contributed by atoms with E-state index < -0.39 is 9.84 Å². The lowest BCUT2D eigenvalue weighted by Gasteiger charge is -2.12. The second-order valence-electron chi connectivity index (χ2n) is 4.26. The molecule has 2 rings (SSSR count). The highest BCUT2D eigenvalue weighted by molar-refractivity contribution is 7.90. The standard InChI is InChI=1S/C11H16N2O3S/c1-16-13-9-4-3-5-10(17(2,14)15)11(9)12-8-6-7-8/h3-5,8,12-13H,6-7H2,1-2H3/p+1. The van der Waals surface area contributed by atoms with E-state index in [4.69, 9.17) is 4.84 Å². The molecule has 1 aliphatic rings. The van der Waals surface area contributed by atoms with Crippen molar-refractivity contribution in [1.82, 2.24) is 0 Å². The summed E-state index contributed by atoms with van der Waals surface area (Å²) >= 11 is 0. The third kappa shape index (κ3) is 2.96. The highest BCUT2D eigenvalue weighted by Gasteiger charge is 2.27. The van der Waals surface area contributed by atoms with E-state index in [1.807, 2.05) is 6.07 Å². The van der Waals surface area contributed by atoms with Crippen LogP contribution in [0.1, 0.15) is 12.8 Å². The molecule has 1 aromatic carbocycles. The van der Waals surface area contributed by atoms with Crippen LogP contribution in [0.3, 0.4) is 0 Å². The fraction of sp³-hybridized carbons (Fsp3) is 0.455. The molecule has 1 aliphatic carbocycles. The van der Waals surface area contributed by atoms with Gasteiger partial charge < -0.3 is 5.32 Å². The molecule has 0 spiro atoms. The molecule has 6 heteroatoms. The van der Waals surface area contributed by atoms with Crippen LogP contribution < -0.4 is 10.8 Å². The Hall–Kier alpha value is -1.11. The monoisotopic (exact) mass is 257 g/mol. The molecule has 94 valence electrons. The molecule has 0 amide bonds. The second-order valence-corrected chi connectivity index (χ2v) is 6.25. The van der Waals surface area contributed by atoms with E-state index in [2.05, 4.69) is 5.32 Å². The number of anilines is 1. The summed E-state index contributed by atoms with van der Waals surface area (Å²) in [6.07, 6.45) is 3.39. The average molecular weight is 257 g/mol. The van der Waals surface area contributed by atoms with E-state index in [1.165, 1.54) is 6.26 Å². The first kappa shape index (κ1) is 12.3. The molecule has 1 aromatic rings. The Morgan fingerprint density at radius 3 is 2.65 bits per heavy atom. The van der Waals surface area contributed by atoms with Crippen LogP contribution in [0.4, 0.5) is 11.4 Å². The third-order valence-electron chi connectivity index (χ3n) is 2.63. The van der Waals surface area contributed by atoms with Crippen LogP contribution in [0.25, 0.3) is 0 Å². The third-order valence-corrected chi connectivity index (χ3v) is 3.77. The van der Waals surface area contributed by atoms with E-state index in [0.29, 0.717) is 16.6 Å². The number of nitrogens with one attached hydrogen (secondary N) is 1.